The Morgan fingerprint density at radius 2 is 2.25 bits per heavy atom. The van der Waals surface area contributed by atoms with E-state index >= 15 is 0 Å². The number of rotatable bonds is 6. The molecule has 0 aliphatic rings. The van der Waals surface area contributed by atoms with Gasteiger partial charge in [0.25, 0.3) is 0 Å². The predicted molar refractivity (Wildman–Crippen MR) is 62.9 cm³/mol. The summed E-state index contributed by atoms with van der Waals surface area (Å²) >= 11 is 0. The summed E-state index contributed by atoms with van der Waals surface area (Å²) in [7, 11) is 0. The Kier molecular flexibility index (Phi) is 4.44. The van der Waals surface area contributed by atoms with Gasteiger partial charge in [-0.1, -0.05) is 6.92 Å². The van der Waals surface area contributed by atoms with Crippen LogP contribution in [0.2, 0.25) is 0 Å². The number of hydrogen-bond donors (Lipinski definition) is 1. The monoisotopic (exact) mass is 226 g/mol. The summed E-state index contributed by atoms with van der Waals surface area (Å²) in [4.78, 5) is 4.17. The Morgan fingerprint density at radius 3 is 2.81 bits per heavy atom. The first-order valence-corrected chi connectivity index (χ1v) is 5.71. The Balaban J connectivity index is 2.46. The smallest absolute Gasteiger partial charge is 0.153 e. The summed E-state index contributed by atoms with van der Waals surface area (Å²) in [6.07, 6.45) is 2.45. The molecule has 1 aromatic rings. The molecule has 0 spiro atoms. The van der Waals surface area contributed by atoms with Gasteiger partial charge in [0.15, 0.2) is 5.82 Å². The van der Waals surface area contributed by atoms with Gasteiger partial charge in [0.05, 0.1) is 6.61 Å². The van der Waals surface area contributed by atoms with Crippen molar-refractivity contribution < 1.29 is 4.74 Å². The van der Waals surface area contributed by atoms with Gasteiger partial charge in [-0.25, -0.2) is 9.67 Å². The van der Waals surface area contributed by atoms with Crippen molar-refractivity contribution in [2.45, 2.75) is 52.3 Å². The lowest BCUT2D eigenvalue weighted by atomic mass is 10.0. The maximum atomic E-state index is 5.99. The van der Waals surface area contributed by atoms with Crippen LogP contribution in [0.25, 0.3) is 0 Å². The first-order chi connectivity index (χ1) is 7.46. The summed E-state index contributed by atoms with van der Waals surface area (Å²) in [5.74, 6) is 0.849. The average Bonchev–Trinajstić information content (AvgIpc) is 2.66. The molecule has 0 radical (unpaired) electrons. The Hall–Kier alpha value is -0.940. The van der Waals surface area contributed by atoms with Crippen molar-refractivity contribution in [1.29, 1.82) is 0 Å². The lowest BCUT2D eigenvalue weighted by molar-refractivity contribution is 0.0706. The largest absolute Gasteiger partial charge is 0.372 e. The molecule has 1 unspecified atom stereocenters. The third-order valence-electron chi connectivity index (χ3n) is 2.61. The second-order valence-corrected chi connectivity index (χ2v) is 4.71. The van der Waals surface area contributed by atoms with Crippen LogP contribution in [-0.4, -0.2) is 26.9 Å². The van der Waals surface area contributed by atoms with Gasteiger partial charge in [-0.3, -0.25) is 0 Å². The van der Waals surface area contributed by atoms with Crippen LogP contribution in [0.5, 0.6) is 0 Å². The maximum Gasteiger partial charge on any atom is 0.153 e. The van der Waals surface area contributed by atoms with Crippen molar-refractivity contribution in [3.8, 4) is 0 Å². The number of hydrogen-bond acceptors (Lipinski definition) is 4. The second kappa shape index (κ2) is 5.41. The van der Waals surface area contributed by atoms with Gasteiger partial charge >= 0.3 is 0 Å². The summed E-state index contributed by atoms with van der Waals surface area (Å²) in [6.45, 7) is 9.17. The minimum absolute atomic E-state index is 0.261. The zero-order valence-electron chi connectivity index (χ0n) is 10.6. The molecule has 92 valence electrons. The van der Waals surface area contributed by atoms with E-state index in [4.69, 9.17) is 10.5 Å². The highest BCUT2D eigenvalue weighted by Gasteiger charge is 2.16. The van der Waals surface area contributed by atoms with E-state index in [1.54, 1.807) is 6.33 Å². The van der Waals surface area contributed by atoms with Gasteiger partial charge in [-0.15, -0.1) is 0 Å². The first-order valence-electron chi connectivity index (χ1n) is 5.71. The molecule has 1 heterocycles. The zero-order chi connectivity index (χ0) is 12.2. The molecule has 2 N–H and O–H groups in total. The second-order valence-electron chi connectivity index (χ2n) is 4.71. The molecule has 0 aliphatic carbocycles. The standard InChI is InChI=1S/C11H22N4O/c1-5-11(4,12)7-16-6-10-13-8-14-15(10)9(2)3/h8-9H,5-7,12H2,1-4H3. The molecule has 0 bridgehead atoms. The predicted octanol–water partition coefficient (Wildman–Crippen LogP) is 1.50. The lowest BCUT2D eigenvalue weighted by Gasteiger charge is -2.22. The van der Waals surface area contributed by atoms with E-state index in [9.17, 15) is 0 Å². The fourth-order valence-corrected chi connectivity index (χ4v) is 1.29. The molecule has 1 atom stereocenters. The highest BCUT2D eigenvalue weighted by molar-refractivity contribution is 4.84. The highest BCUT2D eigenvalue weighted by atomic mass is 16.5. The van der Waals surface area contributed by atoms with E-state index in [1.165, 1.54) is 0 Å². The van der Waals surface area contributed by atoms with E-state index < -0.39 is 0 Å². The fraction of sp³-hybridized carbons (Fsp3) is 0.818. The van der Waals surface area contributed by atoms with Gasteiger partial charge < -0.3 is 10.5 Å². The highest BCUT2D eigenvalue weighted by Crippen LogP contribution is 2.09. The minimum Gasteiger partial charge on any atom is -0.372 e. The molecular weight excluding hydrogens is 204 g/mol. The summed E-state index contributed by atoms with van der Waals surface area (Å²) in [5.41, 5.74) is 5.72. The van der Waals surface area contributed by atoms with Gasteiger partial charge in [0.1, 0.15) is 12.9 Å². The molecule has 5 heteroatoms. The molecule has 1 aromatic heterocycles. The summed E-state index contributed by atoms with van der Waals surface area (Å²) < 4.78 is 7.44. The third kappa shape index (κ3) is 3.57. The normalized spacial score (nSPS) is 15.4. The maximum absolute atomic E-state index is 5.99. The van der Waals surface area contributed by atoms with Crippen LogP contribution in [-0.2, 0) is 11.3 Å². The minimum atomic E-state index is -0.261. The molecule has 0 saturated heterocycles. The summed E-state index contributed by atoms with van der Waals surface area (Å²) in [5, 5.41) is 4.15. The topological polar surface area (TPSA) is 66.0 Å². The van der Waals surface area contributed by atoms with E-state index in [0.717, 1.165) is 12.2 Å². The first kappa shape index (κ1) is 13.1. The molecule has 1 rings (SSSR count). The van der Waals surface area contributed by atoms with Gasteiger partial charge in [0.2, 0.25) is 0 Å². The van der Waals surface area contributed by atoms with Gasteiger partial charge in [-0.2, -0.15) is 5.10 Å². The van der Waals surface area contributed by atoms with E-state index in [-0.39, 0.29) is 5.54 Å². The molecule has 5 nitrogen and oxygen atoms in total. The Bertz CT molecular complexity index is 320. The van der Waals surface area contributed by atoms with Crippen LogP contribution in [0, 0.1) is 0 Å². The van der Waals surface area contributed by atoms with Crippen LogP contribution in [0.15, 0.2) is 6.33 Å². The van der Waals surface area contributed by atoms with Crippen LogP contribution >= 0.6 is 0 Å². The molecule has 16 heavy (non-hydrogen) atoms. The average molecular weight is 226 g/mol. The van der Waals surface area contributed by atoms with Crippen molar-refractivity contribution in [2.75, 3.05) is 6.61 Å². The van der Waals surface area contributed by atoms with E-state index in [1.807, 2.05) is 11.6 Å². The van der Waals surface area contributed by atoms with Crippen LogP contribution < -0.4 is 5.73 Å². The van der Waals surface area contributed by atoms with E-state index in [2.05, 4.69) is 30.9 Å². The molecule has 0 aliphatic heterocycles. The van der Waals surface area contributed by atoms with Crippen molar-refractivity contribution in [2.24, 2.45) is 5.73 Å². The third-order valence-corrected chi connectivity index (χ3v) is 2.61. The Morgan fingerprint density at radius 1 is 1.56 bits per heavy atom. The van der Waals surface area contributed by atoms with E-state index in [0.29, 0.717) is 19.3 Å². The van der Waals surface area contributed by atoms with Crippen LogP contribution in [0.3, 0.4) is 0 Å². The SMILES string of the molecule is CCC(C)(N)COCc1ncnn1C(C)C. The summed E-state index contributed by atoms with van der Waals surface area (Å²) in [6, 6.07) is 0.302. The molecule has 0 saturated carbocycles. The molecule has 0 amide bonds. The molecular formula is C11H22N4O. The van der Waals surface area contributed by atoms with Crippen LogP contribution in [0.1, 0.15) is 46.0 Å². The van der Waals surface area contributed by atoms with Crippen LogP contribution in [0.4, 0.5) is 0 Å². The molecule has 0 aromatic carbocycles. The Labute approximate surface area is 97.0 Å². The number of nitrogens with zero attached hydrogens (tertiary/aromatic N) is 3. The number of aromatic nitrogens is 3. The van der Waals surface area contributed by atoms with Crippen molar-refractivity contribution in [1.82, 2.24) is 14.8 Å². The zero-order valence-corrected chi connectivity index (χ0v) is 10.6. The molecule has 0 fully saturated rings. The quantitative estimate of drug-likeness (QED) is 0.798. The van der Waals surface area contributed by atoms with Crippen molar-refractivity contribution in [3.05, 3.63) is 12.2 Å². The number of ether oxygens (including phenoxy) is 1. The number of nitrogens with two attached hydrogens (primary N) is 1. The van der Waals surface area contributed by atoms with Crippen molar-refractivity contribution in [3.63, 3.8) is 0 Å². The lowest BCUT2D eigenvalue weighted by Crippen LogP contribution is -2.40. The fourth-order valence-electron chi connectivity index (χ4n) is 1.29. The van der Waals surface area contributed by atoms with Crippen molar-refractivity contribution >= 4 is 0 Å². The van der Waals surface area contributed by atoms with Gasteiger partial charge in [-0.05, 0) is 27.2 Å². The van der Waals surface area contributed by atoms with Gasteiger partial charge in [0, 0.05) is 11.6 Å².